The summed E-state index contributed by atoms with van der Waals surface area (Å²) in [4.78, 5) is 8.27. The Morgan fingerprint density at radius 3 is 2.65 bits per heavy atom. The number of anilines is 1. The van der Waals surface area contributed by atoms with E-state index in [0.717, 1.165) is 5.52 Å². The number of nitrogens with two attached hydrogens (primary N) is 1. The van der Waals surface area contributed by atoms with Gasteiger partial charge in [0, 0.05) is 0 Å². The van der Waals surface area contributed by atoms with Crippen molar-refractivity contribution < 1.29 is 8.78 Å². The summed E-state index contributed by atoms with van der Waals surface area (Å²) >= 11 is 0. The zero-order valence-corrected chi connectivity index (χ0v) is 9.03. The Morgan fingerprint density at radius 1 is 1.24 bits per heavy atom. The van der Waals surface area contributed by atoms with Crippen molar-refractivity contribution in [2.75, 3.05) is 18.4 Å². The topological polar surface area (TPSA) is 63.8 Å². The van der Waals surface area contributed by atoms with E-state index in [9.17, 15) is 8.78 Å². The van der Waals surface area contributed by atoms with Gasteiger partial charge in [-0.15, -0.1) is 0 Å². The molecule has 0 spiro atoms. The van der Waals surface area contributed by atoms with E-state index in [0.29, 0.717) is 11.3 Å². The van der Waals surface area contributed by atoms with Crippen molar-refractivity contribution in [3.8, 4) is 0 Å². The largest absolute Gasteiger partial charge is 0.363 e. The van der Waals surface area contributed by atoms with E-state index < -0.39 is 19.0 Å². The fourth-order valence-corrected chi connectivity index (χ4v) is 1.33. The molecule has 0 atom stereocenters. The molecule has 0 aliphatic rings. The number of benzene rings is 1. The van der Waals surface area contributed by atoms with Crippen molar-refractivity contribution in [3.05, 3.63) is 30.5 Å². The van der Waals surface area contributed by atoms with Crippen LogP contribution in [0.3, 0.4) is 0 Å². The molecule has 0 fully saturated rings. The minimum Gasteiger partial charge on any atom is -0.363 e. The van der Waals surface area contributed by atoms with E-state index in [1.165, 1.54) is 6.20 Å². The summed E-state index contributed by atoms with van der Waals surface area (Å²) in [6, 6.07) is 7.23. The normalized spacial score (nSPS) is 11.7. The molecule has 0 unspecified atom stereocenters. The number of hydrogen-bond donors (Lipinski definition) is 2. The van der Waals surface area contributed by atoms with Gasteiger partial charge in [-0.25, -0.2) is 13.8 Å². The van der Waals surface area contributed by atoms with Crippen molar-refractivity contribution >= 4 is 16.9 Å². The predicted molar refractivity (Wildman–Crippen MR) is 62.0 cm³/mol. The lowest BCUT2D eigenvalue weighted by Gasteiger charge is -2.14. The number of para-hydroxylation sites is 2. The molecular weight excluding hydrogens is 226 g/mol. The average molecular weight is 238 g/mol. The Kier molecular flexibility index (Phi) is 3.14. The number of aromatic nitrogens is 2. The second-order valence-electron chi connectivity index (χ2n) is 3.66. The molecule has 0 saturated carbocycles. The van der Waals surface area contributed by atoms with E-state index >= 15 is 0 Å². The molecule has 1 aromatic heterocycles. The molecule has 1 aromatic carbocycles. The van der Waals surface area contributed by atoms with Gasteiger partial charge in [0.1, 0.15) is 5.82 Å². The molecular formula is C11H12F2N4. The molecule has 0 bridgehead atoms. The Hall–Kier alpha value is -1.82. The summed E-state index contributed by atoms with van der Waals surface area (Å²) in [5.41, 5.74) is 6.32. The van der Waals surface area contributed by atoms with Gasteiger partial charge in [0.2, 0.25) is 0 Å². The number of hydrogen-bond acceptors (Lipinski definition) is 4. The summed E-state index contributed by atoms with van der Waals surface area (Å²) in [5.74, 6) is -2.62. The van der Waals surface area contributed by atoms with Crippen molar-refractivity contribution in [1.29, 1.82) is 0 Å². The first kappa shape index (κ1) is 11.7. The maximum absolute atomic E-state index is 12.9. The number of rotatable bonds is 4. The maximum Gasteiger partial charge on any atom is 0.276 e. The molecule has 0 saturated heterocycles. The van der Waals surface area contributed by atoms with Crippen LogP contribution in [0.4, 0.5) is 14.6 Å². The number of nitrogens with one attached hydrogen (secondary N) is 1. The van der Waals surface area contributed by atoms with Crippen LogP contribution in [0.2, 0.25) is 0 Å². The standard InChI is InChI=1S/C11H12F2N4/c12-11(13,6-14)7-16-10-5-15-8-3-1-2-4-9(8)17-10/h1-5H,6-7,14H2,(H,16,17). The van der Waals surface area contributed by atoms with Crippen LogP contribution in [-0.2, 0) is 0 Å². The van der Waals surface area contributed by atoms with Crippen LogP contribution in [0, 0.1) is 0 Å². The monoisotopic (exact) mass is 238 g/mol. The SMILES string of the molecule is NCC(F)(F)CNc1cnc2ccccc2n1. The summed E-state index contributed by atoms with van der Waals surface area (Å²) in [7, 11) is 0. The second-order valence-corrected chi connectivity index (χ2v) is 3.66. The van der Waals surface area contributed by atoms with Gasteiger partial charge in [0.25, 0.3) is 5.92 Å². The Balaban J connectivity index is 2.14. The van der Waals surface area contributed by atoms with Crippen LogP contribution >= 0.6 is 0 Å². The summed E-state index contributed by atoms with van der Waals surface area (Å²) in [5, 5.41) is 2.52. The van der Waals surface area contributed by atoms with E-state index in [-0.39, 0.29) is 0 Å². The third-order valence-corrected chi connectivity index (χ3v) is 2.28. The van der Waals surface area contributed by atoms with Crippen LogP contribution in [0.25, 0.3) is 11.0 Å². The fraction of sp³-hybridized carbons (Fsp3) is 0.273. The molecule has 17 heavy (non-hydrogen) atoms. The van der Waals surface area contributed by atoms with Crippen LogP contribution in [0.15, 0.2) is 30.5 Å². The molecule has 0 radical (unpaired) electrons. The zero-order chi connectivity index (χ0) is 12.3. The van der Waals surface area contributed by atoms with Gasteiger partial charge in [-0.3, -0.25) is 4.98 Å². The van der Waals surface area contributed by atoms with Gasteiger partial charge >= 0.3 is 0 Å². The predicted octanol–water partition coefficient (Wildman–Crippen LogP) is 1.64. The van der Waals surface area contributed by atoms with Gasteiger partial charge in [0.15, 0.2) is 0 Å². The highest BCUT2D eigenvalue weighted by atomic mass is 19.3. The minimum atomic E-state index is -2.94. The van der Waals surface area contributed by atoms with Crippen LogP contribution in [0.1, 0.15) is 0 Å². The first-order chi connectivity index (χ1) is 8.11. The number of halogens is 2. The van der Waals surface area contributed by atoms with Crippen molar-refractivity contribution in [1.82, 2.24) is 9.97 Å². The zero-order valence-electron chi connectivity index (χ0n) is 9.03. The molecule has 0 aliphatic heterocycles. The lowest BCUT2D eigenvalue weighted by Crippen LogP contribution is -2.35. The summed E-state index contributed by atoms with van der Waals surface area (Å²) in [6.07, 6.45) is 1.43. The summed E-state index contributed by atoms with van der Waals surface area (Å²) < 4.78 is 25.8. The van der Waals surface area contributed by atoms with Gasteiger partial charge in [-0.1, -0.05) is 12.1 Å². The number of fused-ring (bicyclic) bond motifs is 1. The fourth-order valence-electron chi connectivity index (χ4n) is 1.33. The smallest absolute Gasteiger partial charge is 0.276 e. The molecule has 0 aliphatic carbocycles. The van der Waals surface area contributed by atoms with Crippen LogP contribution in [0.5, 0.6) is 0 Å². The van der Waals surface area contributed by atoms with Crippen LogP contribution in [-0.4, -0.2) is 29.0 Å². The first-order valence-corrected chi connectivity index (χ1v) is 5.14. The number of nitrogens with zero attached hydrogens (tertiary/aromatic N) is 2. The van der Waals surface area contributed by atoms with Crippen molar-refractivity contribution in [2.45, 2.75) is 5.92 Å². The highest BCUT2D eigenvalue weighted by molar-refractivity contribution is 5.75. The quantitative estimate of drug-likeness (QED) is 0.849. The lowest BCUT2D eigenvalue weighted by molar-refractivity contribution is 0.0253. The summed E-state index contributed by atoms with van der Waals surface area (Å²) in [6.45, 7) is -1.24. The van der Waals surface area contributed by atoms with Crippen molar-refractivity contribution in [2.24, 2.45) is 5.73 Å². The highest BCUT2D eigenvalue weighted by Gasteiger charge is 2.26. The molecule has 90 valence electrons. The van der Waals surface area contributed by atoms with E-state index in [4.69, 9.17) is 5.73 Å². The Bertz CT molecular complexity index is 516. The molecule has 2 aromatic rings. The average Bonchev–Trinajstić information content (AvgIpc) is 2.36. The van der Waals surface area contributed by atoms with Gasteiger partial charge in [-0.2, -0.15) is 0 Å². The van der Waals surface area contributed by atoms with E-state index in [2.05, 4.69) is 15.3 Å². The second kappa shape index (κ2) is 4.58. The molecule has 2 rings (SSSR count). The highest BCUT2D eigenvalue weighted by Crippen LogP contribution is 2.14. The van der Waals surface area contributed by atoms with Crippen LogP contribution < -0.4 is 11.1 Å². The molecule has 1 heterocycles. The number of alkyl halides is 2. The third kappa shape index (κ3) is 2.85. The van der Waals surface area contributed by atoms with Crippen molar-refractivity contribution in [3.63, 3.8) is 0 Å². The first-order valence-electron chi connectivity index (χ1n) is 5.14. The Labute approximate surface area is 96.9 Å². The van der Waals surface area contributed by atoms with Gasteiger partial charge < -0.3 is 11.1 Å². The molecule has 4 nitrogen and oxygen atoms in total. The molecule has 3 N–H and O–H groups in total. The minimum absolute atomic E-state index is 0.317. The van der Waals surface area contributed by atoms with Gasteiger partial charge in [0.05, 0.1) is 30.3 Å². The van der Waals surface area contributed by atoms with Gasteiger partial charge in [-0.05, 0) is 12.1 Å². The molecule has 0 amide bonds. The third-order valence-electron chi connectivity index (χ3n) is 2.28. The lowest BCUT2D eigenvalue weighted by atomic mass is 10.3. The Morgan fingerprint density at radius 2 is 1.94 bits per heavy atom. The van der Waals surface area contributed by atoms with E-state index in [1.54, 1.807) is 12.1 Å². The maximum atomic E-state index is 12.9. The molecule has 6 heteroatoms. The van der Waals surface area contributed by atoms with E-state index in [1.807, 2.05) is 12.1 Å².